The zero-order valence-corrected chi connectivity index (χ0v) is 116. The standard InChI is InChI=1S/C29H60O7Si4.C17H34O4Si2.C12H32O4Si4.2C7H16Cl2Si.C6H18O3Si3.C6H12.CH4Cl2Si.CHF3O3S.Pt/c1-25(2)27(30)32-20-15-17-22-37(8,9)34-39(12,13)36-40(14,24-19-29(5,6)7)35-38(10,11)23-18-16-21-33-28(31)26(3)4;1-6-11-19-12-7-9-14-22-21-23(4,5)15-10-8-13-20-17(18)16(2)3;1-12(2,3)10-11-20(9)15-18(5,6)13-17(4)14-19(7,8)16-20;2*1-7(2,3)5-6-10(4,8)9;1-10(2)7-11(3,4)9-12(5,6)8-10;1-5-6(2,3)4;1-4(2)3;2-1(3,4)8(5,6)7;/h1,3,15-24H2,2,4-14H3;6H,1-2,7-15,22H2,3-5H3;17H,10-11H2,1-9H3;2*5-6H2,1-4H3;1-6H3;5H,1H2,2-4H3;4H,1H3;(H,5,6,7);. The minimum atomic E-state index is -5.84. The van der Waals surface area contributed by atoms with Crippen LogP contribution in [-0.2, 0) is 110 Å². The second-order valence-corrected chi connectivity index (χ2v) is 115. The van der Waals surface area contributed by atoms with Crippen molar-refractivity contribution in [3.63, 3.8) is 0 Å². The summed E-state index contributed by atoms with van der Waals surface area (Å²) in [6, 6.07) is 8.26. The number of unbranched alkanes of at least 4 members (excludes halogenated alkanes) is 4. The van der Waals surface area contributed by atoms with Gasteiger partial charge in [-0.1, -0.05) is 161 Å². The van der Waals surface area contributed by atoms with Crippen LogP contribution >= 0.6 is 66.5 Å². The zero-order chi connectivity index (χ0) is 107. The fourth-order valence-electron chi connectivity index (χ4n) is 12.2. The zero-order valence-electron chi connectivity index (χ0n) is 91.5. The largest absolute Gasteiger partial charge is 0.522 e. The molecule has 0 amide bonds. The van der Waals surface area contributed by atoms with Gasteiger partial charge in [0.2, 0.25) is 20.8 Å². The number of ether oxygens (including phenoxy) is 4. The Morgan fingerprint density at radius 1 is 0.470 bits per heavy atom. The number of allylic oxidation sites excluding steroid dienone is 1. The molecule has 2 saturated heterocycles. The van der Waals surface area contributed by atoms with E-state index in [1.807, 2.05) is 25.7 Å². The molecule has 48 heteroatoms. The van der Waals surface area contributed by atoms with Gasteiger partial charge in [-0.3, -0.25) is 4.55 Å². The molecule has 2 fully saturated rings. The van der Waals surface area contributed by atoms with Gasteiger partial charge in [-0.05, 0) is 305 Å². The maximum absolute atomic E-state index is 11.6. The number of hydrogen-bond donors (Lipinski definition) is 1. The van der Waals surface area contributed by atoms with Crippen molar-refractivity contribution < 1.29 is 126 Å². The Labute approximate surface area is 879 Å². The molecule has 0 aromatic carbocycles. The van der Waals surface area contributed by atoms with Crippen molar-refractivity contribution in [3.8, 4) is 0 Å². The molecule has 2 heterocycles. The van der Waals surface area contributed by atoms with Crippen LogP contribution in [0.1, 0.15) is 202 Å². The second-order valence-electron chi connectivity index (χ2n) is 45.4. The SMILES string of the molecule is C=C(C)C(=O)OCCCC[Si](C)(C)O[Si](C)(C)O[Si](C)(CCC(C)(C)C)O[Si](C)(C)CCCCOC(=O)C(=C)C.C=CC(C)(C)C.C=CCOCCCC[SiH2]O[Si](C)(C)CCCCOC(=O)C(=C)C.CC(C)(C)CC[Si](C)(Cl)Cl.CC(C)(C)CC[Si](C)(Cl)Cl.C[SiH](Cl)Cl.C[SiH]1O[Si](C)(C)O[Si](C)(CCC(C)(C)C)O[Si](C)(C)O1.C[Si]1(C)O[Si](C)(C)O[Si](C)(C)O1.O=S(=O)(O)C(F)(F)F.[Pt]. The Balaban J connectivity index is -0.000000241. The molecular weight excluding hydrogens is 2320 g/mol. The van der Waals surface area contributed by atoms with Crippen LogP contribution < -0.4 is 0 Å². The molecule has 2 aliphatic heterocycles. The van der Waals surface area contributed by atoms with Crippen molar-refractivity contribution in [1.29, 1.82) is 0 Å². The molecule has 806 valence electrons. The third-order valence-electron chi connectivity index (χ3n) is 17.9. The predicted molar refractivity (Wildman–Crippen MR) is 603 cm³/mol. The summed E-state index contributed by atoms with van der Waals surface area (Å²) in [4.78, 5) is 34.5. The number of alkyl halides is 3. The van der Waals surface area contributed by atoms with Crippen molar-refractivity contribution in [1.82, 2.24) is 0 Å². The van der Waals surface area contributed by atoms with Gasteiger partial charge in [-0.15, -0.1) is 57.5 Å². The Morgan fingerprint density at radius 2 is 0.754 bits per heavy atom. The van der Waals surface area contributed by atoms with Gasteiger partial charge in [0.15, 0.2) is 25.0 Å². The smallest absolute Gasteiger partial charge is 0.462 e. The van der Waals surface area contributed by atoms with Crippen molar-refractivity contribution in [2.45, 2.75) is 413 Å². The van der Waals surface area contributed by atoms with Crippen LogP contribution in [-0.4, -0.2) is 203 Å². The molecule has 1 atom stereocenters. The number of carbonyl (C=O) groups excluding carboxylic acids is 3. The number of hydrogen-bond acceptors (Lipinski definition) is 20. The number of carbonyl (C=O) groups is 3. The maximum Gasteiger partial charge on any atom is 0.522 e. The summed E-state index contributed by atoms with van der Waals surface area (Å²) in [5, 5.41) is 0. The quantitative estimate of drug-likeness (QED) is 0.00688. The Hall–Kier alpha value is 2.23. The Morgan fingerprint density at radius 3 is 1.01 bits per heavy atom. The van der Waals surface area contributed by atoms with Gasteiger partial charge >= 0.3 is 111 Å². The van der Waals surface area contributed by atoms with E-state index in [2.05, 4.69) is 274 Å². The molecule has 2 aliphatic rings. The van der Waals surface area contributed by atoms with E-state index in [1.165, 1.54) is 12.5 Å². The van der Waals surface area contributed by atoms with E-state index < -0.39 is 149 Å². The van der Waals surface area contributed by atoms with Gasteiger partial charge in [0.05, 0.1) is 26.4 Å². The molecule has 1 unspecified atom stereocenters. The summed E-state index contributed by atoms with van der Waals surface area (Å²) in [6.45, 7) is 107. The molecule has 0 bridgehead atoms. The molecule has 134 heavy (non-hydrogen) atoms. The third-order valence-corrected chi connectivity index (χ3v) is 72.9. The van der Waals surface area contributed by atoms with Crippen molar-refractivity contribution >= 4 is 228 Å². The van der Waals surface area contributed by atoms with Gasteiger partial charge in [0.25, 0.3) is 0 Å². The van der Waals surface area contributed by atoms with E-state index in [0.717, 1.165) is 120 Å². The minimum absolute atomic E-state index is 0. The van der Waals surface area contributed by atoms with E-state index in [-0.39, 0.29) is 44.4 Å². The van der Waals surface area contributed by atoms with E-state index in [4.69, 9.17) is 144 Å². The number of esters is 3. The van der Waals surface area contributed by atoms with Gasteiger partial charge in [0.1, 0.15) is 9.76 Å². The molecule has 0 radical (unpaired) electrons. The summed E-state index contributed by atoms with van der Waals surface area (Å²) in [5.74, 6) is -0.942. The van der Waals surface area contributed by atoms with Crippen molar-refractivity contribution in [2.24, 2.45) is 27.1 Å². The first-order valence-electron chi connectivity index (χ1n) is 46.7. The van der Waals surface area contributed by atoms with Crippen LogP contribution in [0.5, 0.6) is 0 Å². The summed E-state index contributed by atoms with van der Waals surface area (Å²) in [5.41, 5.74) is -2.67. The van der Waals surface area contributed by atoms with Crippen LogP contribution in [0.15, 0.2) is 61.8 Å². The Bertz CT molecular complexity index is 3310. The fourth-order valence-corrected chi connectivity index (χ4v) is 76.0. The minimum Gasteiger partial charge on any atom is -0.462 e. The summed E-state index contributed by atoms with van der Waals surface area (Å²) in [6.07, 6.45) is 15.9. The summed E-state index contributed by atoms with van der Waals surface area (Å²) < 4.78 is 149. The number of halogens is 9. The van der Waals surface area contributed by atoms with Gasteiger partial charge in [-0.25, -0.2) is 14.4 Å². The molecule has 0 spiro atoms. The van der Waals surface area contributed by atoms with Crippen LogP contribution in [0.2, 0.25) is 205 Å². The maximum atomic E-state index is 11.6. The fraction of sp³-hybridized carbons (Fsp3) is 0.849. The summed E-state index contributed by atoms with van der Waals surface area (Å²) in [7, 11) is -31.7. The molecule has 0 aliphatic carbocycles. The van der Waals surface area contributed by atoms with Crippen LogP contribution in [0.4, 0.5) is 13.2 Å². The first kappa shape index (κ1) is 152. The molecule has 0 aromatic heterocycles. The van der Waals surface area contributed by atoms with E-state index >= 15 is 0 Å². The van der Waals surface area contributed by atoms with Crippen molar-refractivity contribution in [3.05, 3.63) is 61.8 Å². The molecule has 0 saturated carbocycles. The average Bonchev–Trinajstić information content (AvgIpc) is 0.792. The van der Waals surface area contributed by atoms with E-state index in [9.17, 15) is 27.6 Å². The van der Waals surface area contributed by atoms with E-state index in [0.29, 0.717) is 64.8 Å². The normalized spacial score (nSPS) is 17.9. The van der Waals surface area contributed by atoms with Crippen LogP contribution in [0, 0.1) is 27.1 Å². The topological polar surface area (TPSA) is 244 Å². The van der Waals surface area contributed by atoms with Crippen molar-refractivity contribution in [2.75, 3.05) is 33.0 Å². The Kier molecular flexibility index (Phi) is 76.9. The number of rotatable bonds is 41. The molecular formula is C86H193Cl6F3O21PtSSi16. The average molecular weight is 2510 g/mol. The third kappa shape index (κ3) is 106. The molecule has 21 nitrogen and oxygen atoms in total. The summed E-state index contributed by atoms with van der Waals surface area (Å²) >= 11 is 34.1. The molecule has 0 aromatic rings. The van der Waals surface area contributed by atoms with Gasteiger partial charge in [-0.2, -0.15) is 43.7 Å². The molecule has 1 N–H and O–H groups in total. The molecule has 2 rings (SSSR count). The second kappa shape index (κ2) is 68.0. The first-order valence-corrected chi connectivity index (χ1v) is 97.2. The van der Waals surface area contributed by atoms with Gasteiger partial charge < -0.3 is 64.2 Å². The monoisotopic (exact) mass is 2500 g/mol. The van der Waals surface area contributed by atoms with Crippen LogP contribution in [0.25, 0.3) is 0 Å². The van der Waals surface area contributed by atoms with Gasteiger partial charge in [0, 0.05) is 44.4 Å². The predicted octanol–water partition coefficient (Wildman–Crippen LogP) is 29.9. The van der Waals surface area contributed by atoms with E-state index in [1.54, 1.807) is 26.8 Å². The van der Waals surface area contributed by atoms with Crippen LogP contribution in [0.3, 0.4) is 0 Å². The first-order chi connectivity index (χ1) is 58.7.